The molecule has 0 aromatic heterocycles. The molecular weight excluding hydrogens is 358 g/mol. The molecule has 0 atom stereocenters. The number of carbonyl (C=O) groups excluding carboxylic acids is 3. The van der Waals surface area contributed by atoms with E-state index in [0.29, 0.717) is 32.4 Å². The van der Waals surface area contributed by atoms with E-state index in [9.17, 15) is 14.4 Å². The number of anilines is 2. The van der Waals surface area contributed by atoms with Gasteiger partial charge < -0.3 is 19.9 Å². The molecule has 1 aromatic carbocycles. The van der Waals surface area contributed by atoms with Gasteiger partial charge in [-0.1, -0.05) is 0 Å². The van der Waals surface area contributed by atoms with E-state index in [2.05, 4.69) is 5.32 Å². The molecule has 2 aliphatic heterocycles. The van der Waals surface area contributed by atoms with Gasteiger partial charge in [0.25, 0.3) is 0 Å². The van der Waals surface area contributed by atoms with Gasteiger partial charge >= 0.3 is 6.09 Å². The van der Waals surface area contributed by atoms with Crippen molar-refractivity contribution in [3.05, 3.63) is 24.3 Å². The van der Waals surface area contributed by atoms with E-state index in [1.165, 1.54) is 0 Å². The van der Waals surface area contributed by atoms with Crippen molar-refractivity contribution in [2.75, 3.05) is 29.9 Å². The fourth-order valence-electron chi connectivity index (χ4n) is 3.54. The summed E-state index contributed by atoms with van der Waals surface area (Å²) in [5.74, 6) is -0.0131. The van der Waals surface area contributed by atoms with Gasteiger partial charge in [-0.25, -0.2) is 4.79 Å². The van der Waals surface area contributed by atoms with Crippen LogP contribution in [-0.4, -0.2) is 48.0 Å². The lowest BCUT2D eigenvalue weighted by Gasteiger charge is -2.32. The van der Waals surface area contributed by atoms with E-state index >= 15 is 0 Å². The van der Waals surface area contributed by atoms with Gasteiger partial charge in [-0.2, -0.15) is 0 Å². The van der Waals surface area contributed by atoms with Crippen molar-refractivity contribution in [2.45, 2.75) is 52.1 Å². The molecule has 28 heavy (non-hydrogen) atoms. The van der Waals surface area contributed by atoms with Crippen LogP contribution in [0.5, 0.6) is 0 Å². The maximum absolute atomic E-state index is 12.6. The second-order valence-corrected chi connectivity index (χ2v) is 8.43. The topological polar surface area (TPSA) is 79.0 Å². The summed E-state index contributed by atoms with van der Waals surface area (Å²) in [5, 5.41) is 2.95. The van der Waals surface area contributed by atoms with Gasteiger partial charge in [-0.15, -0.1) is 0 Å². The molecule has 0 unspecified atom stereocenters. The first-order valence-corrected chi connectivity index (χ1v) is 9.92. The average molecular weight is 387 g/mol. The maximum atomic E-state index is 12.6. The summed E-state index contributed by atoms with van der Waals surface area (Å²) in [6, 6.07) is 7.39. The number of benzene rings is 1. The predicted molar refractivity (Wildman–Crippen MR) is 107 cm³/mol. The Hall–Kier alpha value is -2.57. The lowest BCUT2D eigenvalue weighted by atomic mass is 9.96. The Kier molecular flexibility index (Phi) is 5.91. The van der Waals surface area contributed by atoms with Gasteiger partial charge in [0.15, 0.2) is 0 Å². The van der Waals surface area contributed by atoms with Crippen LogP contribution < -0.4 is 10.2 Å². The van der Waals surface area contributed by atoms with Gasteiger partial charge in [-0.3, -0.25) is 9.59 Å². The van der Waals surface area contributed by atoms with Gasteiger partial charge in [0, 0.05) is 43.3 Å². The van der Waals surface area contributed by atoms with Crippen molar-refractivity contribution in [1.82, 2.24) is 4.90 Å². The number of hydrogen-bond donors (Lipinski definition) is 1. The van der Waals surface area contributed by atoms with Crippen LogP contribution in [0.4, 0.5) is 16.2 Å². The zero-order valence-electron chi connectivity index (χ0n) is 16.9. The highest BCUT2D eigenvalue weighted by Crippen LogP contribution is 2.25. The van der Waals surface area contributed by atoms with Crippen molar-refractivity contribution in [3.63, 3.8) is 0 Å². The molecule has 2 aliphatic rings. The molecule has 7 nitrogen and oxygen atoms in total. The lowest BCUT2D eigenvalue weighted by Crippen LogP contribution is -2.43. The third kappa shape index (κ3) is 5.03. The van der Waals surface area contributed by atoms with Crippen molar-refractivity contribution in [2.24, 2.45) is 5.92 Å². The minimum absolute atomic E-state index is 0.0335. The molecule has 0 saturated carbocycles. The number of nitrogens with zero attached hydrogens (tertiary/aromatic N) is 2. The Labute approximate surface area is 166 Å². The first-order valence-electron chi connectivity index (χ1n) is 9.92. The third-order valence-electron chi connectivity index (χ3n) is 5.04. The first-order chi connectivity index (χ1) is 13.2. The molecule has 3 amide bonds. The van der Waals surface area contributed by atoms with Gasteiger partial charge in [0.1, 0.15) is 5.60 Å². The Balaban J connectivity index is 1.49. The van der Waals surface area contributed by atoms with Crippen LogP contribution in [0.15, 0.2) is 24.3 Å². The Bertz CT molecular complexity index is 731. The van der Waals surface area contributed by atoms with E-state index in [0.717, 1.165) is 24.3 Å². The molecule has 2 saturated heterocycles. The first kappa shape index (κ1) is 20.2. The fourth-order valence-corrected chi connectivity index (χ4v) is 3.54. The third-order valence-corrected chi connectivity index (χ3v) is 5.04. The SMILES string of the molecule is CC(C)(C)OC(=O)N1CCC(C(=O)Nc2ccc(N3CCCC3=O)cc2)CC1. The summed E-state index contributed by atoms with van der Waals surface area (Å²) in [5.41, 5.74) is 1.07. The smallest absolute Gasteiger partial charge is 0.410 e. The fraction of sp³-hybridized carbons (Fsp3) is 0.571. The minimum Gasteiger partial charge on any atom is -0.444 e. The highest BCUT2D eigenvalue weighted by Gasteiger charge is 2.30. The quantitative estimate of drug-likeness (QED) is 0.862. The maximum Gasteiger partial charge on any atom is 0.410 e. The highest BCUT2D eigenvalue weighted by molar-refractivity contribution is 5.96. The molecule has 152 valence electrons. The Morgan fingerprint density at radius 1 is 1.07 bits per heavy atom. The standard InChI is InChI=1S/C21H29N3O4/c1-21(2,3)28-20(27)23-13-10-15(11-14-23)19(26)22-16-6-8-17(9-7-16)24-12-4-5-18(24)25/h6-9,15H,4-5,10-14H2,1-3H3,(H,22,26). The van der Waals surface area contributed by atoms with Crippen LogP contribution >= 0.6 is 0 Å². The molecule has 7 heteroatoms. The second-order valence-electron chi connectivity index (χ2n) is 8.43. The number of carbonyl (C=O) groups is 3. The van der Waals surface area contributed by atoms with Gasteiger partial charge in [-0.05, 0) is 64.3 Å². The summed E-state index contributed by atoms with van der Waals surface area (Å²) >= 11 is 0. The molecule has 0 bridgehead atoms. The molecule has 2 fully saturated rings. The normalized spacial score (nSPS) is 18.3. The number of piperidine rings is 1. The average Bonchev–Trinajstić information content (AvgIpc) is 3.07. The lowest BCUT2D eigenvalue weighted by molar-refractivity contribution is -0.121. The number of amides is 3. The summed E-state index contributed by atoms with van der Waals surface area (Å²) in [4.78, 5) is 39.9. The van der Waals surface area contributed by atoms with E-state index in [-0.39, 0.29) is 23.8 Å². The van der Waals surface area contributed by atoms with Crippen molar-refractivity contribution < 1.29 is 19.1 Å². The predicted octanol–water partition coefficient (Wildman–Crippen LogP) is 3.40. The highest BCUT2D eigenvalue weighted by atomic mass is 16.6. The Morgan fingerprint density at radius 2 is 1.71 bits per heavy atom. The largest absolute Gasteiger partial charge is 0.444 e. The summed E-state index contributed by atoms with van der Waals surface area (Å²) < 4.78 is 5.39. The summed E-state index contributed by atoms with van der Waals surface area (Å²) in [6.45, 7) is 7.31. The monoisotopic (exact) mass is 387 g/mol. The molecule has 3 rings (SSSR count). The van der Waals surface area contributed by atoms with E-state index in [1.54, 1.807) is 9.80 Å². The van der Waals surface area contributed by atoms with E-state index in [1.807, 2.05) is 45.0 Å². The number of hydrogen-bond acceptors (Lipinski definition) is 4. The van der Waals surface area contributed by atoms with Crippen molar-refractivity contribution in [1.29, 1.82) is 0 Å². The zero-order valence-corrected chi connectivity index (χ0v) is 16.9. The summed E-state index contributed by atoms with van der Waals surface area (Å²) in [6.07, 6.45) is 2.40. The van der Waals surface area contributed by atoms with Gasteiger partial charge in [0.05, 0.1) is 0 Å². The summed E-state index contributed by atoms with van der Waals surface area (Å²) in [7, 11) is 0. The molecule has 0 spiro atoms. The van der Waals surface area contributed by atoms with Crippen molar-refractivity contribution in [3.8, 4) is 0 Å². The minimum atomic E-state index is -0.517. The van der Waals surface area contributed by atoms with Crippen molar-refractivity contribution >= 4 is 29.3 Å². The van der Waals surface area contributed by atoms with Crippen LogP contribution in [0, 0.1) is 5.92 Å². The Morgan fingerprint density at radius 3 is 2.25 bits per heavy atom. The second kappa shape index (κ2) is 8.20. The molecule has 1 N–H and O–H groups in total. The van der Waals surface area contributed by atoms with Crippen LogP contribution in [0.1, 0.15) is 46.5 Å². The molecular formula is C21H29N3O4. The number of ether oxygens (including phenoxy) is 1. The molecule has 1 aromatic rings. The zero-order chi connectivity index (χ0) is 20.3. The number of rotatable bonds is 3. The van der Waals surface area contributed by atoms with E-state index < -0.39 is 5.60 Å². The molecule has 2 heterocycles. The van der Waals surface area contributed by atoms with Gasteiger partial charge in [0.2, 0.25) is 11.8 Å². The molecule has 0 aliphatic carbocycles. The van der Waals surface area contributed by atoms with Crippen LogP contribution in [0.2, 0.25) is 0 Å². The van der Waals surface area contributed by atoms with E-state index in [4.69, 9.17) is 4.74 Å². The van der Waals surface area contributed by atoms with Crippen LogP contribution in [0.3, 0.4) is 0 Å². The van der Waals surface area contributed by atoms with Crippen LogP contribution in [-0.2, 0) is 14.3 Å². The van der Waals surface area contributed by atoms with Crippen LogP contribution in [0.25, 0.3) is 0 Å². The number of likely N-dealkylation sites (tertiary alicyclic amines) is 1. The molecule has 0 radical (unpaired) electrons. The number of nitrogens with one attached hydrogen (secondary N) is 1.